The largest absolute Gasteiger partial charge is 0.315 e. The van der Waals surface area contributed by atoms with E-state index in [4.69, 9.17) is 0 Å². The van der Waals surface area contributed by atoms with Crippen molar-refractivity contribution >= 4 is 22.4 Å². The zero-order valence-corrected chi connectivity index (χ0v) is 11.4. The van der Waals surface area contributed by atoms with Crippen LogP contribution in [0.1, 0.15) is 12.8 Å². The quantitative estimate of drug-likeness (QED) is 0.883. The zero-order valence-electron chi connectivity index (χ0n) is 9.73. The van der Waals surface area contributed by atoms with Crippen molar-refractivity contribution in [2.45, 2.75) is 23.8 Å². The average Bonchev–Trinajstić information content (AvgIpc) is 2.30. The first-order valence-electron chi connectivity index (χ1n) is 5.56. The van der Waals surface area contributed by atoms with Crippen molar-refractivity contribution in [3.05, 3.63) is 30.1 Å². The van der Waals surface area contributed by atoms with Crippen LogP contribution >= 0.6 is 12.4 Å². The molecule has 1 aromatic carbocycles. The lowest BCUT2D eigenvalue weighted by molar-refractivity contribution is 0.428. The van der Waals surface area contributed by atoms with E-state index in [2.05, 4.69) is 10.0 Å². The number of nitrogens with one attached hydrogen (secondary N) is 2. The predicted molar refractivity (Wildman–Crippen MR) is 69.9 cm³/mol. The molecule has 1 aromatic rings. The standard InChI is InChI=1S/C11H15FN2O2S.ClH/c12-9-3-5-11(6-4-9)17(15,16)14-10-2-1-7-13-8-10;/h3-6,10,13-14H,1-2,7-8H2;1H. The summed E-state index contributed by atoms with van der Waals surface area (Å²) >= 11 is 0. The van der Waals surface area contributed by atoms with E-state index in [9.17, 15) is 12.8 Å². The minimum absolute atomic E-state index is 0. The Labute approximate surface area is 112 Å². The van der Waals surface area contributed by atoms with Gasteiger partial charge in [-0.3, -0.25) is 0 Å². The molecular weight excluding hydrogens is 279 g/mol. The molecule has 102 valence electrons. The molecule has 0 amide bonds. The third-order valence-corrected chi connectivity index (χ3v) is 4.28. The van der Waals surface area contributed by atoms with Crippen LogP contribution in [0.15, 0.2) is 29.2 Å². The summed E-state index contributed by atoms with van der Waals surface area (Å²) in [5.41, 5.74) is 0. The average molecular weight is 295 g/mol. The van der Waals surface area contributed by atoms with Crippen molar-refractivity contribution in [3.63, 3.8) is 0 Å². The molecule has 1 atom stereocenters. The number of rotatable bonds is 3. The minimum atomic E-state index is -3.53. The molecule has 7 heteroatoms. The van der Waals surface area contributed by atoms with Gasteiger partial charge in [0.1, 0.15) is 5.82 Å². The molecule has 1 aliphatic heterocycles. The Kier molecular flexibility index (Phi) is 5.52. The molecule has 0 saturated carbocycles. The summed E-state index contributed by atoms with van der Waals surface area (Å²) in [6, 6.07) is 4.75. The number of hydrogen-bond donors (Lipinski definition) is 2. The maximum atomic E-state index is 12.7. The third kappa shape index (κ3) is 3.91. The summed E-state index contributed by atoms with van der Waals surface area (Å²) in [6.07, 6.45) is 1.78. The lowest BCUT2D eigenvalue weighted by Gasteiger charge is -2.23. The van der Waals surface area contributed by atoms with Crippen LogP contribution in [0, 0.1) is 5.82 Å². The van der Waals surface area contributed by atoms with Gasteiger partial charge in [0, 0.05) is 12.6 Å². The number of hydrogen-bond acceptors (Lipinski definition) is 3. The molecule has 1 saturated heterocycles. The maximum Gasteiger partial charge on any atom is 0.240 e. The SMILES string of the molecule is Cl.O=S(=O)(NC1CCCNC1)c1ccc(F)cc1. The van der Waals surface area contributed by atoms with Crippen LogP contribution in [-0.4, -0.2) is 27.5 Å². The molecule has 1 aliphatic rings. The van der Waals surface area contributed by atoms with Crippen LogP contribution in [0.4, 0.5) is 4.39 Å². The summed E-state index contributed by atoms with van der Waals surface area (Å²) in [5, 5.41) is 3.13. The van der Waals surface area contributed by atoms with Crippen LogP contribution in [0.5, 0.6) is 0 Å². The minimum Gasteiger partial charge on any atom is -0.315 e. The van der Waals surface area contributed by atoms with Gasteiger partial charge in [0.25, 0.3) is 0 Å². The fraction of sp³-hybridized carbons (Fsp3) is 0.455. The van der Waals surface area contributed by atoms with Gasteiger partial charge in [-0.2, -0.15) is 0 Å². The first-order valence-corrected chi connectivity index (χ1v) is 7.05. The Hall–Kier alpha value is -0.690. The van der Waals surface area contributed by atoms with Gasteiger partial charge in [-0.15, -0.1) is 12.4 Å². The second-order valence-electron chi connectivity index (χ2n) is 4.12. The van der Waals surface area contributed by atoms with Gasteiger partial charge in [0.05, 0.1) is 4.90 Å². The lowest BCUT2D eigenvalue weighted by Crippen LogP contribution is -2.45. The van der Waals surface area contributed by atoms with E-state index in [1.54, 1.807) is 0 Å². The fourth-order valence-corrected chi connectivity index (χ4v) is 3.12. The highest BCUT2D eigenvalue weighted by Crippen LogP contribution is 2.12. The summed E-state index contributed by atoms with van der Waals surface area (Å²) < 4.78 is 39.2. The third-order valence-electron chi connectivity index (χ3n) is 2.74. The van der Waals surface area contributed by atoms with E-state index in [1.807, 2.05) is 0 Å². The Bertz CT molecular complexity index is 472. The molecule has 2 rings (SSSR count). The molecule has 1 heterocycles. The van der Waals surface area contributed by atoms with Crippen molar-refractivity contribution in [2.24, 2.45) is 0 Å². The molecule has 0 aromatic heterocycles. The van der Waals surface area contributed by atoms with Gasteiger partial charge >= 0.3 is 0 Å². The second kappa shape index (κ2) is 6.47. The monoisotopic (exact) mass is 294 g/mol. The van der Waals surface area contributed by atoms with Crippen molar-refractivity contribution in [1.82, 2.24) is 10.0 Å². The van der Waals surface area contributed by atoms with Crippen molar-refractivity contribution in [1.29, 1.82) is 0 Å². The Balaban J connectivity index is 0.00000162. The normalized spacial score (nSPS) is 20.2. The second-order valence-corrected chi connectivity index (χ2v) is 5.83. The van der Waals surface area contributed by atoms with Crippen LogP contribution in [0.3, 0.4) is 0 Å². The number of benzene rings is 1. The van der Waals surface area contributed by atoms with E-state index in [0.717, 1.165) is 31.5 Å². The summed E-state index contributed by atoms with van der Waals surface area (Å²) in [7, 11) is -3.53. The van der Waals surface area contributed by atoms with E-state index in [-0.39, 0.29) is 23.3 Å². The van der Waals surface area contributed by atoms with Crippen LogP contribution in [0.2, 0.25) is 0 Å². The van der Waals surface area contributed by atoms with Crippen LogP contribution in [-0.2, 0) is 10.0 Å². The van der Waals surface area contributed by atoms with E-state index >= 15 is 0 Å². The Morgan fingerprint density at radius 3 is 2.50 bits per heavy atom. The number of halogens is 2. The van der Waals surface area contributed by atoms with Gasteiger partial charge in [0.2, 0.25) is 10.0 Å². The van der Waals surface area contributed by atoms with E-state index < -0.39 is 15.8 Å². The topological polar surface area (TPSA) is 58.2 Å². The van der Waals surface area contributed by atoms with E-state index in [0.29, 0.717) is 6.54 Å². The molecule has 0 spiro atoms. The van der Waals surface area contributed by atoms with Crippen molar-refractivity contribution in [3.8, 4) is 0 Å². The zero-order chi connectivity index (χ0) is 12.3. The Morgan fingerprint density at radius 2 is 1.94 bits per heavy atom. The molecule has 4 nitrogen and oxygen atoms in total. The summed E-state index contributed by atoms with van der Waals surface area (Å²) in [6.45, 7) is 1.56. The van der Waals surface area contributed by atoms with E-state index in [1.165, 1.54) is 12.1 Å². The molecule has 0 bridgehead atoms. The first kappa shape index (κ1) is 15.4. The van der Waals surface area contributed by atoms with Gasteiger partial charge in [-0.25, -0.2) is 17.5 Å². The van der Waals surface area contributed by atoms with Crippen LogP contribution < -0.4 is 10.0 Å². The van der Waals surface area contributed by atoms with Gasteiger partial charge < -0.3 is 5.32 Å². The lowest BCUT2D eigenvalue weighted by atomic mass is 10.1. The molecular formula is C11H16ClFN2O2S. The molecule has 18 heavy (non-hydrogen) atoms. The molecule has 0 aliphatic carbocycles. The van der Waals surface area contributed by atoms with Crippen molar-refractivity contribution in [2.75, 3.05) is 13.1 Å². The molecule has 2 N–H and O–H groups in total. The Morgan fingerprint density at radius 1 is 1.28 bits per heavy atom. The number of sulfonamides is 1. The molecule has 1 fully saturated rings. The van der Waals surface area contributed by atoms with Gasteiger partial charge in [-0.05, 0) is 43.7 Å². The molecule has 0 radical (unpaired) electrons. The van der Waals surface area contributed by atoms with Gasteiger partial charge in [0.15, 0.2) is 0 Å². The van der Waals surface area contributed by atoms with Crippen molar-refractivity contribution < 1.29 is 12.8 Å². The summed E-state index contributed by atoms with van der Waals surface area (Å²) in [5.74, 6) is -0.441. The smallest absolute Gasteiger partial charge is 0.240 e. The van der Waals surface area contributed by atoms with Crippen LogP contribution in [0.25, 0.3) is 0 Å². The maximum absolute atomic E-state index is 12.7. The highest BCUT2D eigenvalue weighted by molar-refractivity contribution is 7.89. The molecule has 1 unspecified atom stereocenters. The number of piperidine rings is 1. The first-order chi connectivity index (χ1) is 8.08. The fourth-order valence-electron chi connectivity index (χ4n) is 1.85. The van der Waals surface area contributed by atoms with Gasteiger partial charge in [-0.1, -0.05) is 0 Å². The summed E-state index contributed by atoms with van der Waals surface area (Å²) in [4.78, 5) is 0.101. The predicted octanol–water partition coefficient (Wildman–Crippen LogP) is 1.28. The highest BCUT2D eigenvalue weighted by Gasteiger charge is 2.21. The highest BCUT2D eigenvalue weighted by atomic mass is 35.5.